The first kappa shape index (κ1) is 14.7. The zero-order valence-corrected chi connectivity index (χ0v) is 12.3. The van der Waals surface area contributed by atoms with Crippen molar-refractivity contribution in [2.24, 2.45) is 0 Å². The molecule has 2 atom stereocenters. The second-order valence-electron chi connectivity index (χ2n) is 4.75. The van der Waals surface area contributed by atoms with Gasteiger partial charge in [-0.3, -0.25) is 0 Å². The Labute approximate surface area is 119 Å². The summed E-state index contributed by atoms with van der Waals surface area (Å²) in [7, 11) is 0. The summed E-state index contributed by atoms with van der Waals surface area (Å²) in [5.41, 5.74) is 0.297. The van der Waals surface area contributed by atoms with Gasteiger partial charge in [-0.15, -0.1) is 0 Å². The van der Waals surface area contributed by atoms with Crippen molar-refractivity contribution in [1.29, 1.82) is 0 Å². The van der Waals surface area contributed by atoms with Crippen LogP contribution in [0.4, 0.5) is 14.5 Å². The highest BCUT2D eigenvalue weighted by atomic mass is 79.9. The lowest BCUT2D eigenvalue weighted by molar-refractivity contribution is 0.0731. The fourth-order valence-electron chi connectivity index (χ4n) is 2.18. The zero-order chi connectivity index (χ0) is 13.8. The van der Waals surface area contributed by atoms with Crippen LogP contribution >= 0.6 is 15.9 Å². The standard InChI is InChI=1S/C13H17BrF2N2O/c1-8(4-10-7-19-3-2-17-10)18-13-11(14)5-9(15)6-12(13)16/h5-6,8,10,17-18H,2-4,7H2,1H3. The number of anilines is 1. The van der Waals surface area contributed by atoms with E-state index >= 15 is 0 Å². The average molecular weight is 335 g/mol. The molecule has 0 bridgehead atoms. The van der Waals surface area contributed by atoms with E-state index in [1.165, 1.54) is 6.07 Å². The largest absolute Gasteiger partial charge is 0.379 e. The van der Waals surface area contributed by atoms with Gasteiger partial charge in [-0.2, -0.15) is 0 Å². The molecule has 2 N–H and O–H groups in total. The number of morpholine rings is 1. The van der Waals surface area contributed by atoms with E-state index in [4.69, 9.17) is 4.74 Å². The molecule has 0 aliphatic carbocycles. The third-order valence-corrected chi connectivity index (χ3v) is 3.66. The van der Waals surface area contributed by atoms with Gasteiger partial charge >= 0.3 is 0 Å². The predicted octanol–water partition coefficient (Wildman–Crippen LogP) is 2.91. The summed E-state index contributed by atoms with van der Waals surface area (Å²) in [5, 5.41) is 6.41. The normalized spacial score (nSPS) is 21.2. The van der Waals surface area contributed by atoms with Crippen molar-refractivity contribution in [3.05, 3.63) is 28.2 Å². The van der Waals surface area contributed by atoms with Crippen molar-refractivity contribution in [2.75, 3.05) is 25.1 Å². The summed E-state index contributed by atoms with van der Waals surface area (Å²) >= 11 is 3.17. The van der Waals surface area contributed by atoms with E-state index in [1.807, 2.05) is 6.92 Å². The second kappa shape index (κ2) is 6.63. The lowest BCUT2D eigenvalue weighted by atomic mass is 10.1. The SMILES string of the molecule is CC(CC1COCCN1)Nc1c(F)cc(F)cc1Br. The first-order valence-electron chi connectivity index (χ1n) is 6.28. The Morgan fingerprint density at radius 3 is 2.95 bits per heavy atom. The van der Waals surface area contributed by atoms with Crippen LogP contribution in [0.5, 0.6) is 0 Å². The molecule has 19 heavy (non-hydrogen) atoms. The highest BCUT2D eigenvalue weighted by Gasteiger charge is 2.18. The van der Waals surface area contributed by atoms with Crippen LogP contribution in [-0.2, 0) is 4.74 Å². The maximum absolute atomic E-state index is 13.7. The summed E-state index contributed by atoms with van der Waals surface area (Å²) in [4.78, 5) is 0. The third kappa shape index (κ3) is 4.12. The molecular weight excluding hydrogens is 318 g/mol. The average Bonchev–Trinajstić information content (AvgIpc) is 2.35. The Kier molecular flexibility index (Phi) is 5.13. The van der Waals surface area contributed by atoms with Gasteiger partial charge in [-0.25, -0.2) is 8.78 Å². The maximum Gasteiger partial charge on any atom is 0.150 e. The molecule has 1 heterocycles. The quantitative estimate of drug-likeness (QED) is 0.888. The summed E-state index contributed by atoms with van der Waals surface area (Å²) in [5.74, 6) is -1.18. The molecule has 1 aromatic rings. The fourth-order valence-corrected chi connectivity index (χ4v) is 2.71. The highest BCUT2D eigenvalue weighted by Crippen LogP contribution is 2.28. The molecule has 0 spiro atoms. The summed E-state index contributed by atoms with van der Waals surface area (Å²) in [6, 6.07) is 2.44. The maximum atomic E-state index is 13.7. The van der Waals surface area contributed by atoms with Crippen molar-refractivity contribution >= 4 is 21.6 Å². The van der Waals surface area contributed by atoms with Gasteiger partial charge in [0.15, 0.2) is 0 Å². The number of ether oxygens (including phenoxy) is 1. The van der Waals surface area contributed by atoms with Crippen LogP contribution in [0.15, 0.2) is 16.6 Å². The molecule has 106 valence electrons. The molecule has 0 aromatic heterocycles. The van der Waals surface area contributed by atoms with Crippen LogP contribution in [0.1, 0.15) is 13.3 Å². The van der Waals surface area contributed by atoms with Crippen molar-refractivity contribution in [1.82, 2.24) is 5.32 Å². The molecule has 3 nitrogen and oxygen atoms in total. The van der Waals surface area contributed by atoms with Gasteiger partial charge in [-0.05, 0) is 35.3 Å². The Morgan fingerprint density at radius 1 is 1.53 bits per heavy atom. The molecule has 0 saturated carbocycles. The van der Waals surface area contributed by atoms with Gasteiger partial charge < -0.3 is 15.4 Å². The van der Waals surface area contributed by atoms with Crippen LogP contribution in [0.2, 0.25) is 0 Å². The third-order valence-electron chi connectivity index (χ3n) is 3.03. The Bertz CT molecular complexity index is 416. The van der Waals surface area contributed by atoms with E-state index < -0.39 is 11.6 Å². The van der Waals surface area contributed by atoms with Gasteiger partial charge in [0.05, 0.1) is 18.9 Å². The Balaban J connectivity index is 1.96. The summed E-state index contributed by atoms with van der Waals surface area (Å²) in [6.07, 6.45) is 0.809. The van der Waals surface area contributed by atoms with Gasteiger partial charge in [0.1, 0.15) is 11.6 Å². The van der Waals surface area contributed by atoms with Gasteiger partial charge in [0, 0.05) is 29.2 Å². The van der Waals surface area contributed by atoms with Crippen LogP contribution in [-0.4, -0.2) is 31.8 Å². The molecular formula is C13H17BrF2N2O. The monoisotopic (exact) mass is 334 g/mol. The minimum Gasteiger partial charge on any atom is -0.379 e. The number of rotatable bonds is 4. The van der Waals surface area contributed by atoms with E-state index in [9.17, 15) is 8.78 Å². The van der Waals surface area contributed by atoms with E-state index in [1.54, 1.807) is 0 Å². The summed E-state index contributed by atoms with van der Waals surface area (Å²) in [6.45, 7) is 4.20. The summed E-state index contributed by atoms with van der Waals surface area (Å²) < 4.78 is 32.4. The minimum absolute atomic E-state index is 0.0514. The number of benzene rings is 1. The van der Waals surface area contributed by atoms with Gasteiger partial charge in [-0.1, -0.05) is 0 Å². The van der Waals surface area contributed by atoms with Crippen molar-refractivity contribution < 1.29 is 13.5 Å². The Hall–Kier alpha value is -0.720. The van der Waals surface area contributed by atoms with E-state index in [-0.39, 0.29) is 12.1 Å². The van der Waals surface area contributed by atoms with E-state index in [2.05, 4.69) is 26.6 Å². The van der Waals surface area contributed by atoms with Crippen molar-refractivity contribution in [3.8, 4) is 0 Å². The highest BCUT2D eigenvalue weighted by molar-refractivity contribution is 9.10. The minimum atomic E-state index is -0.593. The molecule has 1 aliphatic heterocycles. The topological polar surface area (TPSA) is 33.3 Å². The smallest absolute Gasteiger partial charge is 0.150 e. The molecule has 2 unspecified atom stereocenters. The lowest BCUT2D eigenvalue weighted by Gasteiger charge is -2.27. The van der Waals surface area contributed by atoms with Crippen molar-refractivity contribution in [3.63, 3.8) is 0 Å². The number of hydrogen-bond acceptors (Lipinski definition) is 3. The van der Waals surface area contributed by atoms with Crippen LogP contribution in [0.25, 0.3) is 0 Å². The molecule has 2 rings (SSSR count). The van der Waals surface area contributed by atoms with Gasteiger partial charge in [0.2, 0.25) is 0 Å². The molecule has 1 fully saturated rings. The fraction of sp³-hybridized carbons (Fsp3) is 0.538. The number of nitrogens with one attached hydrogen (secondary N) is 2. The van der Waals surface area contributed by atoms with E-state index in [0.29, 0.717) is 16.8 Å². The van der Waals surface area contributed by atoms with Crippen molar-refractivity contribution in [2.45, 2.75) is 25.4 Å². The molecule has 6 heteroatoms. The first-order chi connectivity index (χ1) is 9.06. The van der Waals surface area contributed by atoms with Crippen LogP contribution in [0, 0.1) is 11.6 Å². The van der Waals surface area contributed by atoms with E-state index in [0.717, 1.165) is 25.6 Å². The zero-order valence-electron chi connectivity index (χ0n) is 10.7. The molecule has 1 aromatic carbocycles. The number of halogens is 3. The lowest BCUT2D eigenvalue weighted by Crippen LogP contribution is -2.43. The molecule has 1 aliphatic rings. The Morgan fingerprint density at radius 2 is 2.32 bits per heavy atom. The predicted molar refractivity (Wildman–Crippen MR) is 74.4 cm³/mol. The number of hydrogen-bond donors (Lipinski definition) is 2. The van der Waals surface area contributed by atoms with Crippen LogP contribution in [0.3, 0.4) is 0 Å². The molecule has 0 radical (unpaired) electrons. The molecule has 0 amide bonds. The first-order valence-corrected chi connectivity index (χ1v) is 7.07. The second-order valence-corrected chi connectivity index (χ2v) is 5.61. The van der Waals surface area contributed by atoms with Crippen LogP contribution < -0.4 is 10.6 Å². The van der Waals surface area contributed by atoms with Gasteiger partial charge in [0.25, 0.3) is 0 Å². The molecule has 1 saturated heterocycles.